The van der Waals surface area contributed by atoms with Crippen molar-refractivity contribution in [2.24, 2.45) is 5.73 Å². The molecule has 76 valence electrons. The molecule has 0 saturated carbocycles. The smallest absolute Gasteiger partial charge is 0.0575 e. The van der Waals surface area contributed by atoms with Crippen molar-refractivity contribution in [1.29, 1.82) is 0 Å². The van der Waals surface area contributed by atoms with Gasteiger partial charge in [0.25, 0.3) is 0 Å². The highest BCUT2D eigenvalue weighted by atomic mass is 79.9. The van der Waals surface area contributed by atoms with Crippen LogP contribution in [0.15, 0.2) is 35.0 Å². The Morgan fingerprint density at radius 3 is 2.86 bits per heavy atom. The molecule has 0 amide bonds. The van der Waals surface area contributed by atoms with Gasteiger partial charge in [-0.3, -0.25) is 4.98 Å². The molecular weight excluding hydrogens is 240 g/mol. The fourth-order valence-electron chi connectivity index (χ4n) is 1.17. The molecule has 0 aliphatic carbocycles. The largest absolute Gasteiger partial charge is 0.322 e. The Bertz CT molecular complexity index is 306. The molecule has 0 spiro atoms. The van der Waals surface area contributed by atoms with E-state index in [9.17, 15) is 0 Å². The molecule has 1 heterocycles. The number of pyridine rings is 1. The van der Waals surface area contributed by atoms with Gasteiger partial charge in [0.2, 0.25) is 0 Å². The van der Waals surface area contributed by atoms with Crippen LogP contribution in [0.5, 0.6) is 0 Å². The van der Waals surface area contributed by atoms with Crippen LogP contribution in [0.25, 0.3) is 0 Å². The second kappa shape index (κ2) is 5.27. The Balaban J connectivity index is 2.65. The predicted molar refractivity (Wildman–Crippen MR) is 62.9 cm³/mol. The lowest BCUT2D eigenvalue weighted by Gasteiger charge is -2.11. The third kappa shape index (κ3) is 3.24. The van der Waals surface area contributed by atoms with E-state index in [1.54, 1.807) is 6.20 Å². The van der Waals surface area contributed by atoms with Crippen molar-refractivity contribution in [2.45, 2.75) is 25.8 Å². The summed E-state index contributed by atoms with van der Waals surface area (Å²) >= 11 is 3.34. The van der Waals surface area contributed by atoms with E-state index in [-0.39, 0.29) is 6.04 Å². The Hall–Kier alpha value is -0.670. The molecule has 1 atom stereocenters. The highest BCUT2D eigenvalue weighted by molar-refractivity contribution is 9.10. The molecule has 0 fully saturated rings. The van der Waals surface area contributed by atoms with Gasteiger partial charge in [-0.05, 0) is 40.9 Å². The number of hydrogen-bond acceptors (Lipinski definition) is 2. The predicted octanol–water partition coefficient (Wildman–Crippen LogP) is 3.20. The van der Waals surface area contributed by atoms with Crippen LogP contribution in [0.1, 0.15) is 31.5 Å². The van der Waals surface area contributed by atoms with Crippen LogP contribution in [0.2, 0.25) is 0 Å². The zero-order valence-electron chi connectivity index (χ0n) is 8.33. The normalized spacial score (nSPS) is 12.5. The molecule has 14 heavy (non-hydrogen) atoms. The number of rotatable bonds is 4. The second-order valence-electron chi connectivity index (χ2n) is 3.32. The maximum atomic E-state index is 5.98. The molecule has 3 heteroatoms. The lowest BCUT2D eigenvalue weighted by Crippen LogP contribution is -2.12. The molecule has 1 aromatic heterocycles. The monoisotopic (exact) mass is 254 g/mol. The minimum absolute atomic E-state index is 0.0319. The van der Waals surface area contributed by atoms with Gasteiger partial charge in [0.1, 0.15) is 0 Å². The molecule has 0 bridgehead atoms. The standard InChI is InChI=1S/C11H15BrN2/c1-3-8(2)6-10(13)11-5-4-9(12)7-14-11/h4-5,7,10H,2-3,6,13H2,1H3. The van der Waals surface area contributed by atoms with Gasteiger partial charge in [-0.2, -0.15) is 0 Å². The maximum absolute atomic E-state index is 5.98. The number of nitrogens with zero attached hydrogens (tertiary/aromatic N) is 1. The van der Waals surface area contributed by atoms with Gasteiger partial charge in [0.05, 0.1) is 11.7 Å². The van der Waals surface area contributed by atoms with Gasteiger partial charge in [0, 0.05) is 10.7 Å². The van der Waals surface area contributed by atoms with E-state index in [0.29, 0.717) is 0 Å². The van der Waals surface area contributed by atoms with Crippen LogP contribution < -0.4 is 5.73 Å². The van der Waals surface area contributed by atoms with E-state index in [0.717, 1.165) is 23.0 Å². The summed E-state index contributed by atoms with van der Waals surface area (Å²) in [4.78, 5) is 4.25. The van der Waals surface area contributed by atoms with Crippen molar-refractivity contribution in [3.8, 4) is 0 Å². The summed E-state index contributed by atoms with van der Waals surface area (Å²) in [7, 11) is 0. The van der Waals surface area contributed by atoms with Gasteiger partial charge in [0.15, 0.2) is 0 Å². The van der Waals surface area contributed by atoms with Crippen LogP contribution in [-0.2, 0) is 0 Å². The first-order valence-corrected chi connectivity index (χ1v) is 5.46. The maximum Gasteiger partial charge on any atom is 0.0575 e. The molecular formula is C11H15BrN2. The van der Waals surface area contributed by atoms with Crippen molar-refractivity contribution < 1.29 is 0 Å². The van der Waals surface area contributed by atoms with E-state index >= 15 is 0 Å². The van der Waals surface area contributed by atoms with Crippen molar-refractivity contribution >= 4 is 15.9 Å². The van der Waals surface area contributed by atoms with E-state index < -0.39 is 0 Å². The fourth-order valence-corrected chi connectivity index (χ4v) is 1.40. The molecule has 2 N–H and O–H groups in total. The summed E-state index contributed by atoms with van der Waals surface area (Å²) in [5, 5.41) is 0. The number of hydrogen-bond donors (Lipinski definition) is 1. The lowest BCUT2D eigenvalue weighted by atomic mass is 10.0. The zero-order chi connectivity index (χ0) is 10.6. The molecule has 0 aliphatic heterocycles. The summed E-state index contributed by atoms with van der Waals surface area (Å²) in [6.45, 7) is 6.03. The van der Waals surface area contributed by atoms with Crippen LogP contribution in [0.4, 0.5) is 0 Å². The van der Waals surface area contributed by atoms with Crippen LogP contribution in [0, 0.1) is 0 Å². The van der Waals surface area contributed by atoms with E-state index in [4.69, 9.17) is 5.73 Å². The second-order valence-corrected chi connectivity index (χ2v) is 4.23. The average Bonchev–Trinajstić information content (AvgIpc) is 2.18. The Morgan fingerprint density at radius 1 is 1.64 bits per heavy atom. The molecule has 1 rings (SSSR count). The summed E-state index contributed by atoms with van der Waals surface area (Å²) in [5.41, 5.74) is 8.07. The van der Waals surface area contributed by atoms with Crippen molar-refractivity contribution in [3.05, 3.63) is 40.6 Å². The first-order chi connectivity index (χ1) is 6.63. The minimum atomic E-state index is -0.0319. The molecule has 0 radical (unpaired) electrons. The quantitative estimate of drug-likeness (QED) is 0.839. The van der Waals surface area contributed by atoms with Crippen LogP contribution in [-0.4, -0.2) is 4.98 Å². The van der Waals surface area contributed by atoms with Crippen molar-refractivity contribution in [3.63, 3.8) is 0 Å². The van der Waals surface area contributed by atoms with E-state index in [1.165, 1.54) is 5.57 Å². The minimum Gasteiger partial charge on any atom is -0.322 e. The SMILES string of the molecule is C=C(CC)CC(N)c1ccc(Br)cn1. The topological polar surface area (TPSA) is 38.9 Å². The van der Waals surface area contributed by atoms with Crippen LogP contribution >= 0.6 is 15.9 Å². The van der Waals surface area contributed by atoms with E-state index in [1.807, 2.05) is 12.1 Å². The number of halogens is 1. The summed E-state index contributed by atoms with van der Waals surface area (Å²) in [6, 6.07) is 3.87. The first kappa shape index (κ1) is 11.4. The lowest BCUT2D eigenvalue weighted by molar-refractivity contribution is 0.679. The third-order valence-electron chi connectivity index (χ3n) is 2.14. The Labute approximate surface area is 93.4 Å². The summed E-state index contributed by atoms with van der Waals surface area (Å²) in [6.07, 6.45) is 3.55. The summed E-state index contributed by atoms with van der Waals surface area (Å²) in [5.74, 6) is 0. The Morgan fingerprint density at radius 2 is 2.36 bits per heavy atom. The van der Waals surface area contributed by atoms with Gasteiger partial charge in [-0.1, -0.05) is 19.1 Å². The highest BCUT2D eigenvalue weighted by Gasteiger charge is 2.07. The molecule has 1 unspecified atom stereocenters. The van der Waals surface area contributed by atoms with Gasteiger partial charge in [-0.25, -0.2) is 0 Å². The van der Waals surface area contributed by atoms with Crippen molar-refractivity contribution in [1.82, 2.24) is 4.98 Å². The molecule has 0 aliphatic rings. The molecule has 1 aromatic rings. The van der Waals surface area contributed by atoms with E-state index in [2.05, 4.69) is 34.4 Å². The zero-order valence-corrected chi connectivity index (χ0v) is 9.92. The molecule has 0 saturated heterocycles. The highest BCUT2D eigenvalue weighted by Crippen LogP contribution is 2.18. The fraction of sp³-hybridized carbons (Fsp3) is 0.364. The number of nitrogens with two attached hydrogens (primary N) is 1. The Kier molecular flexibility index (Phi) is 4.29. The summed E-state index contributed by atoms with van der Waals surface area (Å²) < 4.78 is 0.975. The molecule has 2 nitrogen and oxygen atoms in total. The number of aromatic nitrogens is 1. The average molecular weight is 255 g/mol. The van der Waals surface area contributed by atoms with Gasteiger partial charge in [-0.15, -0.1) is 0 Å². The first-order valence-electron chi connectivity index (χ1n) is 4.67. The van der Waals surface area contributed by atoms with Crippen LogP contribution in [0.3, 0.4) is 0 Å². The van der Waals surface area contributed by atoms with Gasteiger partial charge >= 0.3 is 0 Å². The van der Waals surface area contributed by atoms with Crippen molar-refractivity contribution in [2.75, 3.05) is 0 Å². The van der Waals surface area contributed by atoms with Gasteiger partial charge < -0.3 is 5.73 Å². The third-order valence-corrected chi connectivity index (χ3v) is 2.61. The molecule has 0 aromatic carbocycles.